The summed E-state index contributed by atoms with van der Waals surface area (Å²) in [5, 5.41) is -0.739. The van der Waals surface area contributed by atoms with Crippen molar-refractivity contribution in [3.8, 4) is 5.06 Å². The third kappa shape index (κ3) is 5.67. The first-order valence-corrected chi connectivity index (χ1v) is 9.54. The molecule has 6 nitrogen and oxygen atoms in total. The van der Waals surface area contributed by atoms with Gasteiger partial charge >= 0.3 is 18.3 Å². The van der Waals surface area contributed by atoms with Crippen LogP contribution < -0.4 is 9.04 Å². The van der Waals surface area contributed by atoms with E-state index in [0.717, 1.165) is 6.20 Å². The van der Waals surface area contributed by atoms with Crippen LogP contribution in [0.1, 0.15) is 30.9 Å². The molecule has 0 aliphatic carbocycles. The number of alkyl halides is 6. The molecule has 0 bridgehead atoms. The standard InChI is InChI=1S/C15H12F6N2O4S2/c1-2-3-11(24)27-12-7-22-13(28-12)23(29(25)26)10-5-4-8(14(16,17)18)6-9(10)15(19,20)21/h4-7H,2-3H2,1H3,(H,25,26)/p-1. The Labute approximate surface area is 166 Å². The van der Waals surface area contributed by atoms with Crippen molar-refractivity contribution in [2.75, 3.05) is 4.31 Å². The molecular formula is C15H11F6N2O4S2-. The molecule has 0 N–H and O–H groups in total. The Morgan fingerprint density at radius 1 is 1.24 bits per heavy atom. The second kappa shape index (κ2) is 8.67. The third-order valence-corrected chi connectivity index (χ3v) is 4.96. The second-order valence-corrected chi connectivity index (χ2v) is 7.20. The van der Waals surface area contributed by atoms with E-state index in [-0.39, 0.29) is 21.9 Å². The zero-order valence-corrected chi connectivity index (χ0v) is 16.0. The van der Waals surface area contributed by atoms with Gasteiger partial charge in [0.2, 0.25) is 10.2 Å². The van der Waals surface area contributed by atoms with Gasteiger partial charge in [0.1, 0.15) is 0 Å². The topological polar surface area (TPSA) is 82.6 Å². The molecule has 2 aromatic rings. The summed E-state index contributed by atoms with van der Waals surface area (Å²) >= 11 is -2.93. The molecule has 1 heterocycles. The number of thiazole rings is 1. The Morgan fingerprint density at radius 3 is 2.41 bits per heavy atom. The van der Waals surface area contributed by atoms with Crippen molar-refractivity contribution in [2.24, 2.45) is 0 Å². The van der Waals surface area contributed by atoms with Crippen LogP contribution in [0.2, 0.25) is 0 Å². The average Bonchev–Trinajstić information content (AvgIpc) is 3.01. The van der Waals surface area contributed by atoms with Gasteiger partial charge in [-0.25, -0.2) is 9.29 Å². The van der Waals surface area contributed by atoms with Gasteiger partial charge in [-0.2, -0.15) is 26.3 Å². The first-order chi connectivity index (χ1) is 13.3. The lowest BCUT2D eigenvalue weighted by atomic mass is 10.1. The van der Waals surface area contributed by atoms with Gasteiger partial charge in [0.25, 0.3) is 0 Å². The number of esters is 1. The Hall–Kier alpha value is -2.19. The number of hydrogen-bond donors (Lipinski definition) is 0. The van der Waals surface area contributed by atoms with Gasteiger partial charge in [0.05, 0.1) is 34.3 Å². The molecule has 1 atom stereocenters. The number of nitrogens with zero attached hydrogens (tertiary/aromatic N) is 2. The van der Waals surface area contributed by atoms with Crippen molar-refractivity contribution < 1.29 is 44.6 Å². The summed E-state index contributed by atoms with van der Waals surface area (Å²) in [7, 11) is 0. The molecule has 0 aliphatic rings. The molecule has 0 radical (unpaired) electrons. The number of benzene rings is 1. The van der Waals surface area contributed by atoms with E-state index in [4.69, 9.17) is 4.74 Å². The number of ether oxygens (including phenoxy) is 1. The number of aromatic nitrogens is 1. The second-order valence-electron chi connectivity index (χ2n) is 5.42. The van der Waals surface area contributed by atoms with E-state index < -0.39 is 51.5 Å². The summed E-state index contributed by atoms with van der Waals surface area (Å²) in [5.41, 5.74) is -4.51. The van der Waals surface area contributed by atoms with Crippen LogP contribution in [-0.4, -0.2) is 19.7 Å². The van der Waals surface area contributed by atoms with Crippen molar-refractivity contribution >= 4 is 39.4 Å². The summed E-state index contributed by atoms with van der Waals surface area (Å²) in [4.78, 5) is 15.1. The molecule has 1 unspecified atom stereocenters. The normalized spacial score (nSPS) is 13.2. The minimum Gasteiger partial charge on any atom is -0.755 e. The molecule has 0 saturated carbocycles. The van der Waals surface area contributed by atoms with Crippen LogP contribution in [0.3, 0.4) is 0 Å². The predicted molar refractivity (Wildman–Crippen MR) is 90.2 cm³/mol. The van der Waals surface area contributed by atoms with Crippen LogP contribution in [0.4, 0.5) is 37.2 Å². The zero-order valence-electron chi connectivity index (χ0n) is 14.3. The highest BCUT2D eigenvalue weighted by Crippen LogP contribution is 2.44. The Bertz CT molecular complexity index is 913. The molecule has 0 saturated heterocycles. The molecule has 160 valence electrons. The van der Waals surface area contributed by atoms with Crippen LogP contribution in [0.15, 0.2) is 24.4 Å². The number of carbonyl (C=O) groups is 1. The van der Waals surface area contributed by atoms with Crippen molar-refractivity contribution in [1.29, 1.82) is 0 Å². The summed E-state index contributed by atoms with van der Waals surface area (Å²) in [6.07, 6.45) is -8.93. The van der Waals surface area contributed by atoms with Crippen molar-refractivity contribution in [2.45, 2.75) is 32.1 Å². The summed E-state index contributed by atoms with van der Waals surface area (Å²) in [6.45, 7) is 1.70. The summed E-state index contributed by atoms with van der Waals surface area (Å²) in [5.74, 6) is -0.664. The number of halogens is 6. The Kier molecular flexibility index (Phi) is 6.90. The summed E-state index contributed by atoms with van der Waals surface area (Å²) in [6, 6.07) is 0.511. The fourth-order valence-electron chi connectivity index (χ4n) is 2.12. The smallest absolute Gasteiger partial charge is 0.418 e. The minimum absolute atomic E-state index is 0.0432. The third-order valence-electron chi connectivity index (χ3n) is 3.31. The van der Waals surface area contributed by atoms with Crippen LogP contribution in [0, 0.1) is 0 Å². The highest BCUT2D eigenvalue weighted by molar-refractivity contribution is 7.81. The van der Waals surface area contributed by atoms with Crippen LogP contribution in [0.25, 0.3) is 0 Å². The van der Waals surface area contributed by atoms with Crippen LogP contribution in [-0.2, 0) is 28.4 Å². The monoisotopic (exact) mass is 461 g/mol. The van der Waals surface area contributed by atoms with Gasteiger partial charge in [-0.1, -0.05) is 18.3 Å². The molecule has 1 aromatic carbocycles. The Balaban J connectivity index is 2.52. The molecule has 0 fully saturated rings. The molecular weight excluding hydrogens is 450 g/mol. The minimum atomic E-state index is -5.29. The van der Waals surface area contributed by atoms with E-state index in [2.05, 4.69) is 4.98 Å². The van der Waals surface area contributed by atoms with Crippen LogP contribution >= 0.6 is 11.3 Å². The lowest BCUT2D eigenvalue weighted by Gasteiger charge is -2.27. The van der Waals surface area contributed by atoms with Gasteiger partial charge in [0, 0.05) is 6.42 Å². The van der Waals surface area contributed by atoms with Gasteiger partial charge in [0.15, 0.2) is 0 Å². The average molecular weight is 461 g/mol. The fourth-order valence-corrected chi connectivity index (χ4v) is 3.62. The number of rotatable bonds is 6. The zero-order chi connectivity index (χ0) is 22.0. The Morgan fingerprint density at radius 2 is 1.90 bits per heavy atom. The molecule has 1 aromatic heterocycles. The quantitative estimate of drug-likeness (QED) is 0.350. The maximum absolute atomic E-state index is 13.3. The lowest BCUT2D eigenvalue weighted by molar-refractivity contribution is -0.142. The molecule has 14 heteroatoms. The van der Waals surface area contributed by atoms with E-state index in [1.54, 1.807) is 6.92 Å². The van der Waals surface area contributed by atoms with Crippen molar-refractivity contribution in [1.82, 2.24) is 4.98 Å². The van der Waals surface area contributed by atoms with E-state index in [9.17, 15) is 39.9 Å². The fraction of sp³-hybridized carbons (Fsp3) is 0.333. The molecule has 29 heavy (non-hydrogen) atoms. The van der Waals surface area contributed by atoms with E-state index in [1.165, 1.54) is 0 Å². The molecule has 0 aliphatic heterocycles. The largest absolute Gasteiger partial charge is 0.755 e. The SMILES string of the molecule is CCCC(=O)Oc1cnc(N(c2ccc(C(F)(F)F)cc2C(F)(F)F)S(=O)[O-])s1. The van der Waals surface area contributed by atoms with E-state index >= 15 is 0 Å². The van der Waals surface area contributed by atoms with E-state index in [1.807, 2.05) is 0 Å². The highest BCUT2D eigenvalue weighted by Gasteiger charge is 2.40. The lowest BCUT2D eigenvalue weighted by Crippen LogP contribution is -2.23. The highest BCUT2D eigenvalue weighted by atomic mass is 32.2. The molecule has 0 spiro atoms. The predicted octanol–water partition coefficient (Wildman–Crippen LogP) is 4.82. The van der Waals surface area contributed by atoms with Gasteiger partial charge in [-0.3, -0.25) is 9.00 Å². The maximum atomic E-state index is 13.3. The number of carbonyl (C=O) groups excluding carboxylic acids is 1. The van der Waals surface area contributed by atoms with Gasteiger partial charge in [-0.05, 0) is 24.6 Å². The van der Waals surface area contributed by atoms with Crippen molar-refractivity contribution in [3.63, 3.8) is 0 Å². The molecule has 2 rings (SSSR count). The number of anilines is 2. The first kappa shape index (κ1) is 23.1. The molecule has 0 amide bonds. The van der Waals surface area contributed by atoms with Crippen molar-refractivity contribution in [3.05, 3.63) is 35.5 Å². The maximum Gasteiger partial charge on any atom is 0.418 e. The van der Waals surface area contributed by atoms with E-state index in [0.29, 0.717) is 29.9 Å². The van der Waals surface area contributed by atoms with Gasteiger partial charge < -0.3 is 9.29 Å². The van der Waals surface area contributed by atoms with Crippen LogP contribution in [0.5, 0.6) is 5.06 Å². The summed E-state index contributed by atoms with van der Waals surface area (Å²) < 4.78 is 107. The van der Waals surface area contributed by atoms with Gasteiger partial charge in [-0.15, -0.1) is 0 Å². The first-order valence-electron chi connectivity index (χ1n) is 7.69. The number of hydrogen-bond acceptors (Lipinski definition) is 6.